The lowest BCUT2D eigenvalue weighted by molar-refractivity contribution is -0.115. The summed E-state index contributed by atoms with van der Waals surface area (Å²) in [7, 11) is 3.19. The van der Waals surface area contributed by atoms with Crippen molar-refractivity contribution in [3.63, 3.8) is 0 Å². The van der Waals surface area contributed by atoms with Crippen LogP contribution in [0.25, 0.3) is 11.3 Å². The number of anilines is 2. The molecule has 0 atom stereocenters. The molecule has 4 rings (SSSR count). The van der Waals surface area contributed by atoms with Crippen LogP contribution in [0.3, 0.4) is 0 Å². The predicted octanol–water partition coefficient (Wildman–Crippen LogP) is 4.51. The number of aromatic nitrogens is 1. The van der Waals surface area contributed by atoms with Gasteiger partial charge < -0.3 is 14.8 Å². The Morgan fingerprint density at radius 2 is 2.03 bits per heavy atom. The first-order valence-electron chi connectivity index (χ1n) is 9.13. The molecule has 0 unspecified atom stereocenters. The first kappa shape index (κ1) is 20.2. The highest BCUT2D eigenvalue weighted by Gasteiger charge is 2.17. The van der Waals surface area contributed by atoms with Crippen molar-refractivity contribution in [1.82, 2.24) is 4.98 Å². The van der Waals surface area contributed by atoms with Gasteiger partial charge in [-0.2, -0.15) is 0 Å². The van der Waals surface area contributed by atoms with Gasteiger partial charge in [-0.1, -0.05) is 0 Å². The van der Waals surface area contributed by atoms with E-state index in [2.05, 4.69) is 15.6 Å². The number of amides is 2. The lowest BCUT2D eigenvalue weighted by Gasteiger charge is -2.09. The number of thioether (sulfide) groups is 1. The van der Waals surface area contributed by atoms with Crippen molar-refractivity contribution in [3.05, 3.63) is 47.3 Å². The van der Waals surface area contributed by atoms with Crippen molar-refractivity contribution < 1.29 is 19.1 Å². The van der Waals surface area contributed by atoms with Gasteiger partial charge in [0, 0.05) is 33.6 Å². The van der Waals surface area contributed by atoms with E-state index < -0.39 is 0 Å². The van der Waals surface area contributed by atoms with Crippen molar-refractivity contribution in [2.75, 3.05) is 30.6 Å². The number of nitrogens with one attached hydrogen (secondary N) is 2. The fourth-order valence-electron chi connectivity index (χ4n) is 3.00. The zero-order valence-electron chi connectivity index (χ0n) is 16.4. The minimum absolute atomic E-state index is 0.0457. The normalized spacial score (nSPS) is 13.1. The van der Waals surface area contributed by atoms with E-state index in [1.54, 1.807) is 38.1 Å². The molecule has 2 N–H and O–H groups in total. The molecule has 0 saturated heterocycles. The summed E-state index contributed by atoms with van der Waals surface area (Å²) in [6.07, 6.45) is 0.455. The van der Waals surface area contributed by atoms with Crippen molar-refractivity contribution in [2.24, 2.45) is 0 Å². The van der Waals surface area contributed by atoms with Crippen LogP contribution < -0.4 is 20.1 Å². The zero-order chi connectivity index (χ0) is 21.1. The fraction of sp³-hybridized carbons (Fsp3) is 0.190. The van der Waals surface area contributed by atoms with E-state index in [4.69, 9.17) is 9.47 Å². The lowest BCUT2D eigenvalue weighted by atomic mass is 10.1. The van der Waals surface area contributed by atoms with E-state index in [0.29, 0.717) is 40.0 Å². The monoisotopic (exact) mass is 441 g/mol. The van der Waals surface area contributed by atoms with Crippen LogP contribution in [0.4, 0.5) is 10.8 Å². The van der Waals surface area contributed by atoms with Crippen LogP contribution in [0.15, 0.2) is 46.7 Å². The van der Waals surface area contributed by atoms with Gasteiger partial charge in [-0.3, -0.25) is 14.9 Å². The molecule has 7 nitrogen and oxygen atoms in total. The van der Waals surface area contributed by atoms with Gasteiger partial charge in [0.2, 0.25) is 5.91 Å². The summed E-state index contributed by atoms with van der Waals surface area (Å²) in [5.74, 6) is 1.74. The molecule has 2 amide bonds. The molecule has 0 spiro atoms. The molecule has 1 aromatic heterocycles. The first-order chi connectivity index (χ1) is 14.6. The molecule has 0 fully saturated rings. The largest absolute Gasteiger partial charge is 0.497 e. The average Bonchev–Trinajstić information content (AvgIpc) is 3.13. The smallest absolute Gasteiger partial charge is 0.257 e. The van der Waals surface area contributed by atoms with Gasteiger partial charge in [0.15, 0.2) is 5.13 Å². The van der Waals surface area contributed by atoms with Crippen LogP contribution in [-0.2, 0) is 4.79 Å². The van der Waals surface area contributed by atoms with E-state index >= 15 is 0 Å². The molecule has 1 aliphatic heterocycles. The Morgan fingerprint density at radius 3 is 2.83 bits per heavy atom. The Balaban J connectivity index is 1.55. The van der Waals surface area contributed by atoms with Crippen molar-refractivity contribution in [3.8, 4) is 22.8 Å². The maximum Gasteiger partial charge on any atom is 0.257 e. The number of rotatable bonds is 5. The Morgan fingerprint density at radius 1 is 1.17 bits per heavy atom. The summed E-state index contributed by atoms with van der Waals surface area (Å²) in [5.41, 5.74) is 2.57. The van der Waals surface area contributed by atoms with Gasteiger partial charge in [-0.15, -0.1) is 23.1 Å². The molecule has 30 heavy (non-hydrogen) atoms. The van der Waals surface area contributed by atoms with Gasteiger partial charge in [0.05, 0.1) is 25.6 Å². The number of nitrogens with zero attached hydrogens (tertiary/aromatic N) is 1. The zero-order valence-corrected chi connectivity index (χ0v) is 18.0. The minimum atomic E-state index is -0.292. The molecule has 0 aliphatic carbocycles. The lowest BCUT2D eigenvalue weighted by Crippen LogP contribution is -2.14. The number of methoxy groups -OCH3 is 2. The summed E-state index contributed by atoms with van der Waals surface area (Å²) >= 11 is 2.92. The summed E-state index contributed by atoms with van der Waals surface area (Å²) in [6.45, 7) is 0. The highest BCUT2D eigenvalue weighted by molar-refractivity contribution is 7.99. The average molecular weight is 442 g/mol. The van der Waals surface area contributed by atoms with Crippen LogP contribution in [-0.4, -0.2) is 36.8 Å². The number of hydrogen-bond acceptors (Lipinski definition) is 7. The first-order valence-corrected chi connectivity index (χ1v) is 11.0. The maximum atomic E-state index is 12.7. The number of carbonyl (C=O) groups is 2. The summed E-state index contributed by atoms with van der Waals surface area (Å²) < 4.78 is 10.7. The second kappa shape index (κ2) is 8.76. The summed E-state index contributed by atoms with van der Waals surface area (Å²) in [5, 5.41) is 7.99. The molecule has 0 radical (unpaired) electrons. The Labute approximate surface area is 181 Å². The third kappa shape index (κ3) is 4.27. The Kier molecular flexibility index (Phi) is 5.91. The summed E-state index contributed by atoms with van der Waals surface area (Å²) in [4.78, 5) is 30.0. The second-order valence-electron chi connectivity index (χ2n) is 6.42. The topological polar surface area (TPSA) is 89.5 Å². The number of carbonyl (C=O) groups excluding carboxylic acids is 2. The molecule has 2 heterocycles. The molecule has 0 saturated carbocycles. The van der Waals surface area contributed by atoms with Gasteiger partial charge >= 0.3 is 0 Å². The number of hydrogen-bond donors (Lipinski definition) is 2. The highest BCUT2D eigenvalue weighted by Crippen LogP contribution is 2.35. The van der Waals surface area contributed by atoms with Crippen LogP contribution in [0, 0.1) is 0 Å². The third-order valence-electron chi connectivity index (χ3n) is 4.51. The molecule has 154 valence electrons. The molecule has 9 heteroatoms. The SMILES string of the molecule is COc1ccc(OC)c(-c2csc(NC(=O)c3ccc4c(c3)NC(=O)CCS4)n2)c1. The Hall–Kier alpha value is -3.04. The van der Waals surface area contributed by atoms with E-state index in [-0.39, 0.29) is 11.8 Å². The van der Waals surface area contributed by atoms with Crippen LogP contribution >= 0.6 is 23.1 Å². The molecular formula is C21H19N3O4S2. The van der Waals surface area contributed by atoms with E-state index in [9.17, 15) is 9.59 Å². The standard InChI is InChI=1S/C21H19N3O4S2/c1-27-13-4-5-17(28-2)14(10-13)16-11-30-21(23-16)24-20(26)12-3-6-18-15(9-12)22-19(25)7-8-29-18/h3-6,9-11H,7-8H2,1-2H3,(H,22,25)(H,23,24,26). The number of fused-ring (bicyclic) bond motifs is 1. The minimum Gasteiger partial charge on any atom is -0.497 e. The van der Waals surface area contributed by atoms with Crippen LogP contribution in [0.1, 0.15) is 16.8 Å². The van der Waals surface area contributed by atoms with Crippen molar-refractivity contribution in [1.29, 1.82) is 0 Å². The fourth-order valence-corrected chi connectivity index (χ4v) is 4.64. The molecule has 1 aliphatic rings. The molecular weight excluding hydrogens is 422 g/mol. The number of thiazole rings is 1. The number of benzene rings is 2. The molecule has 0 bridgehead atoms. The van der Waals surface area contributed by atoms with Gasteiger partial charge in [-0.25, -0.2) is 4.98 Å². The van der Waals surface area contributed by atoms with Crippen LogP contribution in [0.5, 0.6) is 11.5 Å². The quantitative estimate of drug-likeness (QED) is 0.605. The maximum absolute atomic E-state index is 12.7. The van der Waals surface area contributed by atoms with Gasteiger partial charge in [-0.05, 0) is 36.4 Å². The number of ether oxygens (including phenoxy) is 2. The third-order valence-corrected chi connectivity index (χ3v) is 6.34. The van der Waals surface area contributed by atoms with Crippen LogP contribution in [0.2, 0.25) is 0 Å². The van der Waals surface area contributed by atoms with E-state index in [1.165, 1.54) is 11.3 Å². The van der Waals surface area contributed by atoms with Gasteiger partial charge in [0.1, 0.15) is 11.5 Å². The second-order valence-corrected chi connectivity index (χ2v) is 8.41. The molecule has 2 aromatic carbocycles. The summed E-state index contributed by atoms with van der Waals surface area (Å²) in [6, 6.07) is 10.8. The highest BCUT2D eigenvalue weighted by atomic mass is 32.2. The predicted molar refractivity (Wildman–Crippen MR) is 119 cm³/mol. The Bertz CT molecular complexity index is 1110. The van der Waals surface area contributed by atoms with Crippen molar-refractivity contribution >= 4 is 45.7 Å². The van der Waals surface area contributed by atoms with Gasteiger partial charge in [0.25, 0.3) is 5.91 Å². The molecule has 3 aromatic rings. The van der Waals surface area contributed by atoms with Crippen molar-refractivity contribution in [2.45, 2.75) is 11.3 Å². The van der Waals surface area contributed by atoms with E-state index in [0.717, 1.165) is 16.2 Å². The van der Waals surface area contributed by atoms with E-state index in [1.807, 2.05) is 29.6 Å².